The molecule has 0 amide bonds. The Balaban J connectivity index is 4.65. The van der Waals surface area contributed by atoms with Gasteiger partial charge in [0.05, 0.1) is 0 Å². The van der Waals surface area contributed by atoms with E-state index < -0.39 is 18.1 Å². The first kappa shape index (κ1) is 14.9. The third-order valence-corrected chi connectivity index (χ3v) is 2.03. The van der Waals surface area contributed by atoms with E-state index in [-0.39, 0.29) is 5.70 Å². The zero-order valence-corrected chi connectivity index (χ0v) is 9.20. The van der Waals surface area contributed by atoms with Gasteiger partial charge in [-0.3, -0.25) is 4.79 Å². The minimum absolute atomic E-state index is 0.243. The van der Waals surface area contributed by atoms with Gasteiger partial charge in [0.1, 0.15) is 0 Å². The number of ketones is 1. The van der Waals surface area contributed by atoms with Crippen LogP contribution >= 0.6 is 0 Å². The number of nitrogens with one attached hydrogen (secondary N) is 1. The second-order valence-corrected chi connectivity index (χ2v) is 3.31. The van der Waals surface area contributed by atoms with E-state index in [0.717, 1.165) is 6.42 Å². The summed E-state index contributed by atoms with van der Waals surface area (Å²) in [6, 6.07) is 0. The summed E-state index contributed by atoms with van der Waals surface area (Å²) < 4.78 is 48.9. The lowest BCUT2D eigenvalue weighted by Crippen LogP contribution is -2.35. The third-order valence-electron chi connectivity index (χ3n) is 2.03. The fourth-order valence-electron chi connectivity index (χ4n) is 0.999. The van der Waals surface area contributed by atoms with Gasteiger partial charge in [-0.05, 0) is 12.8 Å². The van der Waals surface area contributed by atoms with Crippen LogP contribution in [-0.4, -0.2) is 25.2 Å². The molecule has 0 unspecified atom stereocenters. The van der Waals surface area contributed by atoms with Crippen LogP contribution in [0.3, 0.4) is 0 Å². The maximum absolute atomic E-state index is 12.6. The lowest BCUT2D eigenvalue weighted by Gasteiger charge is -2.12. The maximum atomic E-state index is 12.6. The molecule has 0 saturated heterocycles. The van der Waals surface area contributed by atoms with E-state index in [1.807, 2.05) is 6.92 Å². The summed E-state index contributed by atoms with van der Waals surface area (Å²) in [6.45, 7) is 1.89. The lowest BCUT2D eigenvalue weighted by atomic mass is 10.1. The molecule has 0 bridgehead atoms. The zero-order chi connectivity index (χ0) is 12.8. The minimum Gasteiger partial charge on any atom is -0.391 e. The molecule has 1 N–H and O–H groups in total. The quantitative estimate of drug-likeness (QED) is 0.548. The summed E-state index contributed by atoms with van der Waals surface area (Å²) in [7, 11) is 1.45. The van der Waals surface area contributed by atoms with Crippen molar-refractivity contribution in [3.8, 4) is 0 Å². The molecule has 16 heavy (non-hydrogen) atoms. The summed E-state index contributed by atoms with van der Waals surface area (Å²) in [4.78, 5) is 10.9. The topological polar surface area (TPSA) is 29.1 Å². The number of rotatable bonds is 7. The second-order valence-electron chi connectivity index (χ2n) is 3.31. The van der Waals surface area contributed by atoms with Crippen molar-refractivity contribution in [3.63, 3.8) is 0 Å². The molecular weight excluding hydrogens is 226 g/mol. The van der Waals surface area contributed by atoms with E-state index in [0.29, 0.717) is 18.9 Å². The number of unbranched alkanes of at least 4 members (excludes halogenated alkanes) is 1. The van der Waals surface area contributed by atoms with Crippen molar-refractivity contribution >= 4 is 5.78 Å². The Morgan fingerprint density at radius 2 is 2.00 bits per heavy atom. The standard InChI is InChI=1S/C10H15F4NO/c1-3-4-5-7(15-2)6-8(16)10(13,14)9(11)12/h6,9,15H,3-5H2,1-2H3/b7-6-. The number of hydrogen-bond donors (Lipinski definition) is 1. The highest BCUT2D eigenvalue weighted by Gasteiger charge is 2.47. The summed E-state index contributed by atoms with van der Waals surface area (Å²) in [5, 5.41) is 2.54. The van der Waals surface area contributed by atoms with Crippen molar-refractivity contribution in [3.05, 3.63) is 11.8 Å². The van der Waals surface area contributed by atoms with Gasteiger partial charge in [-0.25, -0.2) is 8.78 Å². The van der Waals surface area contributed by atoms with E-state index >= 15 is 0 Å². The van der Waals surface area contributed by atoms with Crippen molar-refractivity contribution < 1.29 is 22.4 Å². The van der Waals surface area contributed by atoms with Crippen LogP contribution in [0.2, 0.25) is 0 Å². The molecule has 2 nitrogen and oxygen atoms in total. The Kier molecular flexibility index (Phi) is 6.06. The molecule has 0 radical (unpaired) electrons. The van der Waals surface area contributed by atoms with Gasteiger partial charge in [-0.1, -0.05) is 13.3 Å². The Labute approximate surface area is 91.7 Å². The average molecular weight is 241 g/mol. The van der Waals surface area contributed by atoms with Crippen LogP contribution in [0, 0.1) is 0 Å². The third kappa shape index (κ3) is 4.20. The Morgan fingerprint density at radius 3 is 2.38 bits per heavy atom. The van der Waals surface area contributed by atoms with Gasteiger partial charge in [0.2, 0.25) is 5.78 Å². The number of allylic oxidation sites excluding steroid dienone is 2. The van der Waals surface area contributed by atoms with Gasteiger partial charge in [0, 0.05) is 18.8 Å². The van der Waals surface area contributed by atoms with Crippen molar-refractivity contribution in [1.82, 2.24) is 5.32 Å². The maximum Gasteiger partial charge on any atom is 0.368 e. The first-order valence-corrected chi connectivity index (χ1v) is 4.95. The van der Waals surface area contributed by atoms with Crippen molar-refractivity contribution in [1.29, 1.82) is 0 Å². The van der Waals surface area contributed by atoms with Crippen LogP contribution in [0.15, 0.2) is 11.8 Å². The molecule has 0 aromatic rings. The number of carbonyl (C=O) groups is 1. The Hall–Kier alpha value is -1.07. The van der Waals surface area contributed by atoms with E-state index in [2.05, 4.69) is 5.32 Å². The van der Waals surface area contributed by atoms with Crippen molar-refractivity contribution in [2.24, 2.45) is 0 Å². The molecule has 0 aliphatic rings. The minimum atomic E-state index is -4.60. The summed E-state index contributed by atoms with van der Waals surface area (Å²) in [5.74, 6) is -6.46. The van der Waals surface area contributed by atoms with E-state index in [9.17, 15) is 22.4 Å². The van der Waals surface area contributed by atoms with Crippen LogP contribution in [0.5, 0.6) is 0 Å². The SMILES string of the molecule is CCCC/C(=C/C(=O)C(F)(F)C(F)F)NC. The average Bonchev–Trinajstić information content (AvgIpc) is 2.23. The van der Waals surface area contributed by atoms with Crippen LogP contribution in [0.25, 0.3) is 0 Å². The molecule has 6 heteroatoms. The van der Waals surface area contributed by atoms with E-state index in [1.165, 1.54) is 7.05 Å². The lowest BCUT2D eigenvalue weighted by molar-refractivity contribution is -0.161. The van der Waals surface area contributed by atoms with Crippen LogP contribution in [0.4, 0.5) is 17.6 Å². The highest BCUT2D eigenvalue weighted by Crippen LogP contribution is 2.25. The molecule has 0 aliphatic carbocycles. The first-order valence-electron chi connectivity index (χ1n) is 4.95. The Morgan fingerprint density at radius 1 is 1.44 bits per heavy atom. The van der Waals surface area contributed by atoms with E-state index in [4.69, 9.17) is 0 Å². The van der Waals surface area contributed by atoms with Gasteiger partial charge < -0.3 is 5.32 Å². The summed E-state index contributed by atoms with van der Waals surface area (Å²) >= 11 is 0. The monoisotopic (exact) mass is 241 g/mol. The number of halogens is 4. The van der Waals surface area contributed by atoms with Gasteiger partial charge in [-0.2, -0.15) is 8.78 Å². The fourth-order valence-corrected chi connectivity index (χ4v) is 0.999. The highest BCUT2D eigenvalue weighted by atomic mass is 19.3. The normalized spacial score (nSPS) is 13.1. The second kappa shape index (κ2) is 6.50. The van der Waals surface area contributed by atoms with Gasteiger partial charge in [0.25, 0.3) is 0 Å². The van der Waals surface area contributed by atoms with Crippen LogP contribution < -0.4 is 5.32 Å². The largest absolute Gasteiger partial charge is 0.391 e. The molecule has 0 spiro atoms. The summed E-state index contributed by atoms with van der Waals surface area (Å²) in [6.07, 6.45) is -1.51. The predicted molar refractivity (Wildman–Crippen MR) is 52.6 cm³/mol. The number of hydrogen-bond acceptors (Lipinski definition) is 2. The van der Waals surface area contributed by atoms with Gasteiger partial charge in [0.15, 0.2) is 0 Å². The van der Waals surface area contributed by atoms with Crippen LogP contribution in [0.1, 0.15) is 26.2 Å². The Bertz CT molecular complexity index is 264. The molecule has 0 aliphatic heterocycles. The number of carbonyl (C=O) groups excluding carboxylic acids is 1. The zero-order valence-electron chi connectivity index (χ0n) is 9.20. The smallest absolute Gasteiger partial charge is 0.368 e. The van der Waals surface area contributed by atoms with Crippen molar-refractivity contribution in [2.45, 2.75) is 38.5 Å². The van der Waals surface area contributed by atoms with Gasteiger partial charge in [-0.15, -0.1) is 0 Å². The number of alkyl halides is 4. The molecule has 94 valence electrons. The first-order chi connectivity index (χ1) is 7.36. The molecule has 0 aromatic heterocycles. The summed E-state index contributed by atoms with van der Waals surface area (Å²) in [5.41, 5.74) is 0.243. The van der Waals surface area contributed by atoms with Crippen molar-refractivity contribution in [2.75, 3.05) is 7.05 Å². The molecular formula is C10H15F4NO. The predicted octanol–water partition coefficient (Wildman–Crippen LogP) is 2.75. The molecule has 0 atom stereocenters. The van der Waals surface area contributed by atoms with Crippen LogP contribution in [-0.2, 0) is 4.79 Å². The van der Waals surface area contributed by atoms with Gasteiger partial charge >= 0.3 is 12.3 Å². The molecule has 0 saturated carbocycles. The molecule has 0 rings (SSSR count). The van der Waals surface area contributed by atoms with E-state index in [1.54, 1.807) is 0 Å². The fraction of sp³-hybridized carbons (Fsp3) is 0.700. The molecule has 0 aromatic carbocycles. The molecule has 0 fully saturated rings. The highest BCUT2D eigenvalue weighted by molar-refractivity contribution is 5.96. The molecule has 0 heterocycles.